The van der Waals surface area contributed by atoms with Gasteiger partial charge in [-0.05, 0) is 37.2 Å². The minimum atomic E-state index is -3.28. The van der Waals surface area contributed by atoms with Crippen molar-refractivity contribution in [2.75, 3.05) is 7.05 Å². The molecule has 0 bridgehead atoms. The average Bonchev–Trinajstić information content (AvgIpc) is 2.10. The van der Waals surface area contributed by atoms with Gasteiger partial charge in [-0.1, -0.05) is 6.07 Å². The van der Waals surface area contributed by atoms with E-state index >= 15 is 0 Å². The molecule has 1 N–H and O–H groups in total. The van der Waals surface area contributed by atoms with E-state index in [9.17, 15) is 12.8 Å². The van der Waals surface area contributed by atoms with E-state index in [-0.39, 0.29) is 11.6 Å². The fourth-order valence-corrected chi connectivity index (χ4v) is 1.98. The zero-order valence-electron chi connectivity index (χ0n) is 8.04. The maximum atomic E-state index is 12.7. The summed E-state index contributed by atoms with van der Waals surface area (Å²) in [5.74, 6) is -0.469. The van der Waals surface area contributed by atoms with Crippen LogP contribution < -0.4 is 4.72 Å². The highest BCUT2D eigenvalue weighted by Crippen LogP contribution is 2.12. The number of nitrogens with one attached hydrogen (secondary N) is 1. The quantitative estimate of drug-likeness (QED) is 0.826. The Morgan fingerprint density at radius 3 is 2.57 bits per heavy atom. The van der Waals surface area contributed by atoms with Crippen molar-refractivity contribution >= 4 is 10.0 Å². The summed E-state index contributed by atoms with van der Waals surface area (Å²) in [6.07, 6.45) is 0. The monoisotopic (exact) mass is 217 g/mol. The summed E-state index contributed by atoms with van der Waals surface area (Å²) in [4.78, 5) is 0. The molecule has 0 spiro atoms. The summed E-state index contributed by atoms with van der Waals surface area (Å²) in [6.45, 7) is 1.68. The van der Waals surface area contributed by atoms with Crippen LogP contribution in [0, 0.1) is 12.7 Å². The predicted octanol–water partition coefficient (Wildman–Crippen LogP) is 1.18. The summed E-state index contributed by atoms with van der Waals surface area (Å²) >= 11 is 0. The standard InChI is InChI=1S/C9H12FNO2S/c1-7-5-9(10)4-3-8(7)6-14(12,13)11-2/h3-5,11H,6H2,1-2H3. The first kappa shape index (κ1) is 11.1. The maximum Gasteiger partial charge on any atom is 0.215 e. The highest BCUT2D eigenvalue weighted by atomic mass is 32.2. The summed E-state index contributed by atoms with van der Waals surface area (Å²) in [5.41, 5.74) is 1.25. The molecule has 0 saturated carbocycles. The molecular formula is C9H12FNO2S. The van der Waals surface area contributed by atoms with Crippen LogP contribution in [0.25, 0.3) is 0 Å². The van der Waals surface area contributed by atoms with E-state index in [1.165, 1.54) is 25.2 Å². The van der Waals surface area contributed by atoms with E-state index in [0.29, 0.717) is 11.1 Å². The average molecular weight is 217 g/mol. The van der Waals surface area contributed by atoms with Crippen LogP contribution in [0.1, 0.15) is 11.1 Å². The first-order chi connectivity index (χ1) is 6.44. The van der Waals surface area contributed by atoms with Crippen LogP contribution in [-0.2, 0) is 15.8 Å². The molecule has 0 unspecified atom stereocenters. The highest BCUT2D eigenvalue weighted by Gasteiger charge is 2.10. The SMILES string of the molecule is CNS(=O)(=O)Cc1ccc(F)cc1C. The van der Waals surface area contributed by atoms with Crippen LogP contribution in [0.15, 0.2) is 18.2 Å². The second kappa shape index (κ2) is 4.06. The Bertz CT molecular complexity index is 428. The summed E-state index contributed by atoms with van der Waals surface area (Å²) < 4.78 is 37.3. The van der Waals surface area contributed by atoms with Crippen molar-refractivity contribution in [1.29, 1.82) is 0 Å². The van der Waals surface area contributed by atoms with E-state index in [2.05, 4.69) is 4.72 Å². The summed E-state index contributed by atoms with van der Waals surface area (Å²) in [7, 11) is -1.92. The van der Waals surface area contributed by atoms with Gasteiger partial charge >= 0.3 is 0 Å². The van der Waals surface area contributed by atoms with Crippen LogP contribution in [-0.4, -0.2) is 15.5 Å². The van der Waals surface area contributed by atoms with Crippen LogP contribution in [0.4, 0.5) is 4.39 Å². The predicted molar refractivity (Wildman–Crippen MR) is 52.8 cm³/mol. The van der Waals surface area contributed by atoms with Crippen molar-refractivity contribution in [2.45, 2.75) is 12.7 Å². The maximum absolute atomic E-state index is 12.7. The van der Waals surface area contributed by atoms with Crippen molar-refractivity contribution < 1.29 is 12.8 Å². The molecular weight excluding hydrogens is 205 g/mol. The molecule has 0 amide bonds. The van der Waals surface area contributed by atoms with Crippen LogP contribution in [0.2, 0.25) is 0 Å². The number of hydrogen-bond acceptors (Lipinski definition) is 2. The first-order valence-corrected chi connectivity index (χ1v) is 5.76. The molecule has 0 heterocycles. The minimum absolute atomic E-state index is 0.115. The number of halogens is 1. The number of sulfonamides is 1. The Hall–Kier alpha value is -0.940. The van der Waals surface area contributed by atoms with E-state index in [1.54, 1.807) is 6.92 Å². The fourth-order valence-electron chi connectivity index (χ4n) is 1.10. The second-order valence-corrected chi connectivity index (χ2v) is 4.96. The lowest BCUT2D eigenvalue weighted by molar-refractivity contribution is 0.586. The van der Waals surface area contributed by atoms with Crippen molar-refractivity contribution in [3.63, 3.8) is 0 Å². The third-order valence-corrected chi connectivity index (χ3v) is 3.27. The van der Waals surface area contributed by atoms with Crippen molar-refractivity contribution in [1.82, 2.24) is 4.72 Å². The molecule has 5 heteroatoms. The van der Waals surface area contributed by atoms with E-state index < -0.39 is 10.0 Å². The molecule has 1 rings (SSSR count). The highest BCUT2D eigenvalue weighted by molar-refractivity contribution is 7.88. The Balaban J connectivity index is 2.99. The normalized spacial score (nSPS) is 11.6. The van der Waals surface area contributed by atoms with Crippen LogP contribution >= 0.6 is 0 Å². The molecule has 1 aromatic rings. The molecule has 0 aromatic heterocycles. The smallest absolute Gasteiger partial charge is 0.215 e. The Morgan fingerprint density at radius 1 is 1.43 bits per heavy atom. The van der Waals surface area contributed by atoms with Gasteiger partial charge in [-0.15, -0.1) is 0 Å². The summed E-state index contributed by atoms with van der Waals surface area (Å²) in [5, 5.41) is 0. The van der Waals surface area contributed by atoms with Gasteiger partial charge in [0.2, 0.25) is 10.0 Å². The zero-order chi connectivity index (χ0) is 10.8. The molecule has 14 heavy (non-hydrogen) atoms. The van der Waals surface area contributed by atoms with Gasteiger partial charge in [0.15, 0.2) is 0 Å². The van der Waals surface area contributed by atoms with E-state index in [1.807, 2.05) is 0 Å². The molecule has 0 aliphatic carbocycles. The molecule has 0 aliphatic heterocycles. The molecule has 78 valence electrons. The largest absolute Gasteiger partial charge is 0.218 e. The van der Waals surface area contributed by atoms with Gasteiger partial charge in [-0.3, -0.25) is 0 Å². The molecule has 1 aromatic carbocycles. The topological polar surface area (TPSA) is 46.2 Å². The molecule has 0 fully saturated rings. The van der Waals surface area contributed by atoms with Gasteiger partial charge in [0.05, 0.1) is 5.75 Å². The van der Waals surface area contributed by atoms with Crippen molar-refractivity contribution in [3.8, 4) is 0 Å². The molecule has 0 aliphatic rings. The van der Waals surface area contributed by atoms with Gasteiger partial charge < -0.3 is 0 Å². The number of benzene rings is 1. The van der Waals surface area contributed by atoms with Crippen molar-refractivity contribution in [3.05, 3.63) is 35.1 Å². The Kier molecular flexibility index (Phi) is 3.23. The van der Waals surface area contributed by atoms with Gasteiger partial charge in [0, 0.05) is 0 Å². The fraction of sp³-hybridized carbons (Fsp3) is 0.333. The number of aryl methyl sites for hydroxylation is 1. The van der Waals surface area contributed by atoms with Gasteiger partial charge in [0.1, 0.15) is 5.82 Å². The van der Waals surface area contributed by atoms with Gasteiger partial charge in [-0.2, -0.15) is 0 Å². The molecule has 0 atom stereocenters. The molecule has 0 saturated heterocycles. The first-order valence-electron chi connectivity index (χ1n) is 4.11. The minimum Gasteiger partial charge on any atom is -0.218 e. The van der Waals surface area contributed by atoms with Crippen LogP contribution in [0.5, 0.6) is 0 Å². The lowest BCUT2D eigenvalue weighted by atomic mass is 10.1. The number of hydrogen-bond donors (Lipinski definition) is 1. The van der Waals surface area contributed by atoms with Gasteiger partial charge in [-0.25, -0.2) is 17.5 Å². The second-order valence-electron chi connectivity index (χ2n) is 3.03. The molecule has 3 nitrogen and oxygen atoms in total. The van der Waals surface area contributed by atoms with Gasteiger partial charge in [0.25, 0.3) is 0 Å². The Labute approximate surface area is 83.0 Å². The third-order valence-electron chi connectivity index (χ3n) is 1.96. The number of rotatable bonds is 3. The van der Waals surface area contributed by atoms with Crippen LogP contribution in [0.3, 0.4) is 0 Å². The van der Waals surface area contributed by atoms with Crippen molar-refractivity contribution in [2.24, 2.45) is 0 Å². The molecule has 0 radical (unpaired) electrons. The lowest BCUT2D eigenvalue weighted by Crippen LogP contribution is -2.20. The lowest BCUT2D eigenvalue weighted by Gasteiger charge is -2.05. The third kappa shape index (κ3) is 2.78. The van der Waals surface area contributed by atoms with E-state index in [0.717, 1.165) is 0 Å². The Morgan fingerprint density at radius 2 is 2.07 bits per heavy atom. The summed E-state index contributed by atoms with van der Waals surface area (Å²) in [6, 6.07) is 4.06. The van der Waals surface area contributed by atoms with E-state index in [4.69, 9.17) is 0 Å². The zero-order valence-corrected chi connectivity index (χ0v) is 8.86.